The first-order valence-corrected chi connectivity index (χ1v) is 21.0. The second-order valence-electron chi connectivity index (χ2n) is 17.2. The van der Waals surface area contributed by atoms with Gasteiger partial charge in [0.15, 0.2) is 17.5 Å². The van der Waals surface area contributed by atoms with Crippen molar-refractivity contribution in [2.24, 2.45) is 16.7 Å². The minimum absolute atomic E-state index is 0.0726. The predicted octanol–water partition coefficient (Wildman–Crippen LogP) is 3.43. The maximum absolute atomic E-state index is 15.9. The van der Waals surface area contributed by atoms with E-state index < -0.39 is 113 Å². The molecule has 17 nitrogen and oxygen atoms in total. The van der Waals surface area contributed by atoms with E-state index in [1.165, 1.54) is 28.3 Å². The summed E-state index contributed by atoms with van der Waals surface area (Å²) in [7, 11) is 4.18. The molecular formula is C46H59NO16. The van der Waals surface area contributed by atoms with Crippen LogP contribution in [0.4, 0.5) is 4.79 Å². The number of nitrogens with one attached hydrogen (secondary N) is 1. The summed E-state index contributed by atoms with van der Waals surface area (Å²) in [5.41, 5.74) is -5.81. The van der Waals surface area contributed by atoms with E-state index in [0.717, 1.165) is 0 Å². The van der Waals surface area contributed by atoms with E-state index in [1.807, 2.05) is 0 Å². The molecule has 3 fully saturated rings. The predicted molar refractivity (Wildman–Crippen MR) is 221 cm³/mol. The van der Waals surface area contributed by atoms with Gasteiger partial charge in [-0.1, -0.05) is 62.4 Å². The summed E-state index contributed by atoms with van der Waals surface area (Å²) in [5.74, 6) is -4.35. The van der Waals surface area contributed by atoms with Gasteiger partial charge in [-0.2, -0.15) is 0 Å². The molecule has 1 aliphatic heterocycles. The first-order valence-electron chi connectivity index (χ1n) is 21.0. The molecule has 0 radical (unpaired) electrons. The van der Waals surface area contributed by atoms with Crippen molar-refractivity contribution in [3.63, 3.8) is 0 Å². The summed E-state index contributed by atoms with van der Waals surface area (Å²) in [6.07, 6.45) is -8.93. The van der Waals surface area contributed by atoms with Crippen LogP contribution in [0.2, 0.25) is 0 Å². The third kappa shape index (κ3) is 8.52. The molecule has 3 aliphatic carbocycles. The van der Waals surface area contributed by atoms with Crippen molar-refractivity contribution in [2.45, 2.75) is 101 Å². The number of rotatable bonds is 16. The molecule has 1 saturated heterocycles. The normalized spacial score (nSPS) is 31.7. The molecule has 2 bridgehead atoms. The Morgan fingerprint density at radius 1 is 0.937 bits per heavy atom. The quantitative estimate of drug-likeness (QED) is 0.0952. The molecule has 4 aliphatic rings. The number of aliphatic hydroxyl groups is 2. The van der Waals surface area contributed by atoms with Gasteiger partial charge in [-0.3, -0.25) is 9.59 Å². The SMILES string of the molecule is COCCO[C@H]1C(=O)[C@@]2(C)C([C@H](OC(=O)c3ccccc3)[C@]3(O)C[C@H](OC(=O)[C@H](OC)[C@@H](NC(=O)OCCO)c4ccccc4)C(C)=C1C3(C)C)[C@]1(OC(C)=O)CO[C@@H]1C[C@@H]2OC. The number of benzene rings is 2. The molecule has 3 N–H and O–H groups in total. The number of hydrogen-bond donors (Lipinski definition) is 3. The molecule has 17 heteroatoms. The number of Topliss-reactive ketones (excluding diaryl/α,β-unsaturated/α-hetero) is 1. The van der Waals surface area contributed by atoms with Crippen LogP contribution in [0.25, 0.3) is 0 Å². The topological polar surface area (TPSA) is 221 Å². The summed E-state index contributed by atoms with van der Waals surface area (Å²) >= 11 is 0. The van der Waals surface area contributed by atoms with E-state index in [9.17, 15) is 29.4 Å². The first-order chi connectivity index (χ1) is 30.0. The van der Waals surface area contributed by atoms with Crippen molar-refractivity contribution in [2.75, 3.05) is 54.4 Å². The van der Waals surface area contributed by atoms with Gasteiger partial charge in [0.2, 0.25) is 0 Å². The van der Waals surface area contributed by atoms with E-state index in [4.69, 9.17) is 42.6 Å². The Labute approximate surface area is 366 Å². The number of aliphatic hydroxyl groups excluding tert-OH is 1. The van der Waals surface area contributed by atoms with Gasteiger partial charge in [0.25, 0.3) is 0 Å². The summed E-state index contributed by atoms with van der Waals surface area (Å²) in [6.45, 7) is 7.03. The highest BCUT2D eigenvalue weighted by molar-refractivity contribution is 5.94. The zero-order valence-electron chi connectivity index (χ0n) is 37.0. The third-order valence-corrected chi connectivity index (χ3v) is 13.5. The Kier molecular flexibility index (Phi) is 14.5. The molecule has 0 aromatic heterocycles. The second kappa shape index (κ2) is 19.2. The van der Waals surface area contributed by atoms with Crippen LogP contribution in [0.15, 0.2) is 71.8 Å². The Morgan fingerprint density at radius 3 is 2.17 bits per heavy atom. The van der Waals surface area contributed by atoms with E-state index >= 15 is 4.79 Å². The molecule has 0 spiro atoms. The van der Waals surface area contributed by atoms with Crippen LogP contribution in [-0.2, 0) is 57.0 Å². The minimum atomic E-state index is -2.23. The van der Waals surface area contributed by atoms with E-state index in [0.29, 0.717) is 11.1 Å². The average Bonchev–Trinajstić information content (AvgIpc) is 3.25. The van der Waals surface area contributed by atoms with E-state index in [-0.39, 0.29) is 44.0 Å². The molecule has 2 aromatic rings. The van der Waals surface area contributed by atoms with Crippen molar-refractivity contribution in [1.82, 2.24) is 5.32 Å². The number of alkyl carbamates (subject to hydrolysis) is 1. The molecule has 2 aromatic carbocycles. The lowest BCUT2D eigenvalue weighted by molar-refractivity contribution is -0.347. The fraction of sp³-hybridized carbons (Fsp3) is 0.587. The van der Waals surface area contributed by atoms with Crippen LogP contribution in [0.5, 0.6) is 0 Å². The van der Waals surface area contributed by atoms with Crippen LogP contribution >= 0.6 is 0 Å². The number of carbonyl (C=O) groups is 5. The number of esters is 3. The highest BCUT2D eigenvalue weighted by Gasteiger charge is 2.78. The lowest BCUT2D eigenvalue weighted by Crippen LogP contribution is -2.82. The number of hydrogen-bond acceptors (Lipinski definition) is 16. The first kappa shape index (κ1) is 47.7. The van der Waals surface area contributed by atoms with Gasteiger partial charge < -0.3 is 58.2 Å². The minimum Gasteiger partial charge on any atom is -0.456 e. The average molecular weight is 882 g/mol. The fourth-order valence-corrected chi connectivity index (χ4v) is 10.3. The Bertz CT molecular complexity index is 2030. The molecule has 11 atom stereocenters. The molecular weight excluding hydrogens is 822 g/mol. The lowest BCUT2D eigenvalue weighted by atomic mass is 9.44. The molecule has 63 heavy (non-hydrogen) atoms. The zero-order valence-corrected chi connectivity index (χ0v) is 37.0. The van der Waals surface area contributed by atoms with Gasteiger partial charge in [0.1, 0.15) is 36.6 Å². The van der Waals surface area contributed by atoms with Gasteiger partial charge in [-0.15, -0.1) is 0 Å². The summed E-state index contributed by atoms with van der Waals surface area (Å²) in [5, 5.41) is 25.8. The van der Waals surface area contributed by atoms with Gasteiger partial charge in [-0.05, 0) is 42.7 Å². The Balaban J connectivity index is 1.56. The lowest BCUT2D eigenvalue weighted by Gasteiger charge is -2.68. The summed E-state index contributed by atoms with van der Waals surface area (Å²) in [6, 6.07) is 15.4. The molecule has 1 heterocycles. The van der Waals surface area contributed by atoms with Gasteiger partial charge >= 0.3 is 24.0 Å². The highest BCUT2D eigenvalue weighted by Crippen LogP contribution is 2.65. The van der Waals surface area contributed by atoms with Crippen LogP contribution in [0.1, 0.15) is 69.4 Å². The van der Waals surface area contributed by atoms with Gasteiger partial charge in [0, 0.05) is 46.5 Å². The smallest absolute Gasteiger partial charge is 0.407 e. The zero-order chi connectivity index (χ0) is 45.9. The standard InChI is InChI=1S/C46H59NO16/c1-26-30(61-41(52)36(57-8)34(28-15-11-9-12-16-28)47-42(53)59-20-19-48)24-46(54)39(62-40(51)29-17-13-10-14-18-29)37-44(5,31(56-7)23-32-45(37,25-60-32)63-27(2)49)38(50)35(58-22-21-55-6)33(26)43(46,3)4/h9-18,30-32,34-37,39,48,54H,19-25H2,1-8H3,(H,47,53)/t30-,31-,32+,34-,35+,36+,37?,39-,44+,45-,46+/m0/s1. The Hall–Kier alpha value is -4.75. The van der Waals surface area contributed by atoms with Crippen LogP contribution < -0.4 is 5.32 Å². The Morgan fingerprint density at radius 2 is 1.60 bits per heavy atom. The van der Waals surface area contributed by atoms with Gasteiger partial charge in [-0.25, -0.2) is 14.4 Å². The number of carbonyl (C=O) groups excluding carboxylic acids is 5. The number of ketones is 1. The number of fused-ring (bicyclic) bond motifs is 5. The highest BCUT2D eigenvalue weighted by atomic mass is 16.6. The van der Waals surface area contributed by atoms with Crippen LogP contribution in [-0.4, -0.2) is 142 Å². The fourth-order valence-electron chi connectivity index (χ4n) is 10.3. The molecule has 2 saturated carbocycles. The number of ether oxygens (including phenoxy) is 9. The second-order valence-corrected chi connectivity index (χ2v) is 17.2. The van der Waals surface area contributed by atoms with Crippen molar-refractivity contribution >= 4 is 29.8 Å². The number of amides is 1. The number of methoxy groups -OCH3 is 3. The van der Waals surface area contributed by atoms with Crippen molar-refractivity contribution in [3.8, 4) is 0 Å². The molecule has 344 valence electrons. The van der Waals surface area contributed by atoms with Crippen molar-refractivity contribution in [1.29, 1.82) is 0 Å². The molecule has 1 amide bonds. The van der Waals surface area contributed by atoms with Crippen molar-refractivity contribution < 1.29 is 76.8 Å². The molecule has 1 unspecified atom stereocenters. The van der Waals surface area contributed by atoms with Crippen LogP contribution in [0.3, 0.4) is 0 Å². The maximum atomic E-state index is 15.9. The van der Waals surface area contributed by atoms with Gasteiger partial charge in [0.05, 0.1) is 55.5 Å². The van der Waals surface area contributed by atoms with E-state index in [2.05, 4.69) is 5.32 Å². The summed E-state index contributed by atoms with van der Waals surface area (Å²) in [4.78, 5) is 70.9. The van der Waals surface area contributed by atoms with Crippen molar-refractivity contribution in [3.05, 3.63) is 82.9 Å². The third-order valence-electron chi connectivity index (χ3n) is 13.5. The summed E-state index contributed by atoms with van der Waals surface area (Å²) < 4.78 is 53.9. The van der Waals surface area contributed by atoms with E-state index in [1.54, 1.807) is 88.4 Å². The maximum Gasteiger partial charge on any atom is 0.407 e. The van der Waals surface area contributed by atoms with Crippen LogP contribution in [0, 0.1) is 16.7 Å². The largest absolute Gasteiger partial charge is 0.456 e. The monoisotopic (exact) mass is 881 g/mol. The molecule has 6 rings (SSSR count).